The molecule has 0 saturated carbocycles. The fourth-order valence-electron chi connectivity index (χ4n) is 0. The number of thiocarbonyl (C=S) groups is 1. The molecule has 0 spiro atoms. The van der Waals surface area contributed by atoms with Gasteiger partial charge in [-0.25, -0.2) is 4.38 Å². The van der Waals surface area contributed by atoms with Crippen molar-refractivity contribution in [1.82, 2.24) is 0 Å². The monoisotopic (exact) mass is 170 g/mol. The van der Waals surface area contributed by atoms with Crippen LogP contribution in [0.15, 0.2) is 0 Å². The van der Waals surface area contributed by atoms with Crippen LogP contribution >= 0.6 is 12.2 Å². The van der Waals surface area contributed by atoms with Gasteiger partial charge in [0.05, 0.1) is 0 Å². The van der Waals surface area contributed by atoms with Gasteiger partial charge in [-0.05, 0) is 0 Å². The normalized spacial score (nSPS) is 4.00. The van der Waals surface area contributed by atoms with E-state index in [9.17, 15) is 0 Å². The van der Waals surface area contributed by atoms with Crippen LogP contribution in [0.5, 0.6) is 0 Å². The molecule has 0 aromatic rings. The molecular weight excluding hydrogens is 170 g/mol. The molecule has 0 fully saturated rings. The third kappa shape index (κ3) is 26.3. The predicted molar refractivity (Wildman–Crippen MR) is 20.0 cm³/mol. The van der Waals surface area contributed by atoms with Crippen LogP contribution in [0.1, 0.15) is 0 Å². The maximum atomic E-state index is 9.07. The SMILES string of the molecule is [K+].[K+].[O-]C(=S)[S-]. The molecule has 0 unspecified atom stereocenters. The van der Waals surface area contributed by atoms with E-state index in [2.05, 4.69) is 24.8 Å². The molecule has 0 atom stereocenters. The van der Waals surface area contributed by atoms with Crippen molar-refractivity contribution in [2.75, 3.05) is 0 Å². The molecule has 0 amide bonds. The van der Waals surface area contributed by atoms with E-state index in [0.717, 1.165) is 0 Å². The second-order valence-electron chi connectivity index (χ2n) is 0.250. The van der Waals surface area contributed by atoms with E-state index in [1.807, 2.05) is 0 Å². The maximum Gasteiger partial charge on any atom is 1.00 e. The van der Waals surface area contributed by atoms with Gasteiger partial charge in [0.2, 0.25) is 0 Å². The summed E-state index contributed by atoms with van der Waals surface area (Å²) < 4.78 is -0.667. The smallest absolute Gasteiger partial charge is 0.887 e. The minimum absolute atomic E-state index is 0. The van der Waals surface area contributed by atoms with E-state index in [-0.39, 0.29) is 103 Å². The third-order valence-electron chi connectivity index (χ3n) is 0. The summed E-state index contributed by atoms with van der Waals surface area (Å²) in [5.41, 5.74) is 0. The van der Waals surface area contributed by atoms with Crippen molar-refractivity contribution in [3.05, 3.63) is 0 Å². The minimum Gasteiger partial charge on any atom is -0.887 e. The van der Waals surface area contributed by atoms with Crippen molar-refractivity contribution in [2.24, 2.45) is 0 Å². The summed E-state index contributed by atoms with van der Waals surface area (Å²) in [5, 5.41) is 9.07. The number of hydrogen-bond acceptors (Lipinski definition) is 3. The van der Waals surface area contributed by atoms with Crippen molar-refractivity contribution in [3.63, 3.8) is 0 Å². The Hall–Kier alpha value is 3.38. The van der Waals surface area contributed by atoms with Crippen LogP contribution in [0.25, 0.3) is 0 Å². The summed E-state index contributed by atoms with van der Waals surface area (Å²) in [7, 11) is 0. The standard InChI is InChI=1S/CH2OS2.2K/c2-1(3)4;;/h(H2,2,3,4);;/q;2*+1/p-2. The maximum absolute atomic E-state index is 9.07. The van der Waals surface area contributed by atoms with E-state index in [1.54, 1.807) is 0 Å². The zero-order valence-electron chi connectivity index (χ0n) is 3.72. The van der Waals surface area contributed by atoms with Crippen LogP contribution in [0.2, 0.25) is 0 Å². The van der Waals surface area contributed by atoms with Gasteiger partial charge in [-0.15, -0.1) is 0 Å². The fraction of sp³-hybridized carbons (Fsp3) is 0. The van der Waals surface area contributed by atoms with Crippen LogP contribution in [-0.4, -0.2) is 4.38 Å². The molecule has 0 aliphatic rings. The quantitative estimate of drug-likeness (QED) is 0.205. The predicted octanol–water partition coefficient (Wildman–Crippen LogP) is -6.81. The Balaban J connectivity index is -0.0000000450. The van der Waals surface area contributed by atoms with Crippen molar-refractivity contribution < 1.29 is 108 Å². The molecule has 24 valence electrons. The molecular formula is CK2OS2. The third-order valence-corrected chi connectivity index (χ3v) is 0. The Labute approximate surface area is 133 Å². The molecule has 0 aliphatic carbocycles. The molecule has 0 aliphatic heterocycles. The first kappa shape index (κ1) is 16.2. The van der Waals surface area contributed by atoms with E-state index in [0.29, 0.717) is 0 Å². The molecule has 0 rings (SSSR count). The molecule has 1 nitrogen and oxygen atoms in total. The molecule has 0 aromatic heterocycles. The summed E-state index contributed by atoms with van der Waals surface area (Å²) in [6, 6.07) is 0. The molecule has 5 heteroatoms. The van der Waals surface area contributed by atoms with Crippen molar-refractivity contribution in [1.29, 1.82) is 0 Å². The van der Waals surface area contributed by atoms with E-state index >= 15 is 0 Å². The summed E-state index contributed by atoms with van der Waals surface area (Å²) in [4.78, 5) is 0. The molecule has 0 saturated heterocycles. The second-order valence-corrected chi connectivity index (χ2v) is 1.25. The van der Waals surface area contributed by atoms with Crippen LogP contribution < -0.4 is 108 Å². The first-order valence-electron chi connectivity index (χ1n) is 0.612. The summed E-state index contributed by atoms with van der Waals surface area (Å²) in [6.45, 7) is 0. The van der Waals surface area contributed by atoms with Gasteiger partial charge in [-0.3, -0.25) is 0 Å². The zero-order valence-corrected chi connectivity index (χ0v) is 11.6. The largest absolute Gasteiger partial charge is 1.00 e. The molecule has 6 heavy (non-hydrogen) atoms. The van der Waals surface area contributed by atoms with E-state index in [4.69, 9.17) is 5.11 Å². The molecule has 0 radical (unpaired) electrons. The molecule has 0 heterocycles. The Morgan fingerprint density at radius 1 is 1.50 bits per heavy atom. The Kier molecular flexibility index (Phi) is 30.3. The second kappa shape index (κ2) is 11.2. The minimum atomic E-state index is -0.667. The van der Waals surface area contributed by atoms with Gasteiger partial charge in [0, 0.05) is 0 Å². The van der Waals surface area contributed by atoms with E-state index in [1.165, 1.54) is 0 Å². The molecule has 0 aromatic carbocycles. The first-order chi connectivity index (χ1) is 1.73. The van der Waals surface area contributed by atoms with Crippen LogP contribution in [-0.2, 0) is 12.6 Å². The number of rotatable bonds is 0. The van der Waals surface area contributed by atoms with Gasteiger partial charge < -0.3 is 30.0 Å². The van der Waals surface area contributed by atoms with Gasteiger partial charge in [-0.2, -0.15) is 0 Å². The van der Waals surface area contributed by atoms with Crippen molar-refractivity contribution in [2.45, 2.75) is 0 Å². The summed E-state index contributed by atoms with van der Waals surface area (Å²) in [5.74, 6) is 0. The number of hydrogen-bond donors (Lipinski definition) is 0. The van der Waals surface area contributed by atoms with Crippen molar-refractivity contribution >= 4 is 29.2 Å². The van der Waals surface area contributed by atoms with Gasteiger partial charge in [0.1, 0.15) is 0 Å². The average molecular weight is 170 g/mol. The molecule has 0 bridgehead atoms. The van der Waals surface area contributed by atoms with Crippen LogP contribution in [0, 0.1) is 0 Å². The Bertz CT molecular complexity index is 34.5. The van der Waals surface area contributed by atoms with Crippen molar-refractivity contribution in [3.8, 4) is 0 Å². The van der Waals surface area contributed by atoms with Crippen LogP contribution in [0.4, 0.5) is 0 Å². The average Bonchev–Trinajstić information content (AvgIpc) is 0.811. The van der Waals surface area contributed by atoms with Gasteiger partial charge in [0.25, 0.3) is 0 Å². The zero-order chi connectivity index (χ0) is 3.58. The van der Waals surface area contributed by atoms with E-state index < -0.39 is 4.38 Å². The van der Waals surface area contributed by atoms with Gasteiger partial charge in [0.15, 0.2) is 0 Å². The summed E-state index contributed by atoms with van der Waals surface area (Å²) in [6.07, 6.45) is 0. The topological polar surface area (TPSA) is 23.1 Å². The van der Waals surface area contributed by atoms with Gasteiger partial charge in [-0.1, -0.05) is 0 Å². The fourth-order valence-corrected chi connectivity index (χ4v) is 0. The van der Waals surface area contributed by atoms with Crippen LogP contribution in [0.3, 0.4) is 0 Å². The first-order valence-corrected chi connectivity index (χ1v) is 1.43. The Morgan fingerprint density at radius 3 is 1.50 bits per heavy atom. The Morgan fingerprint density at radius 2 is 1.50 bits per heavy atom. The van der Waals surface area contributed by atoms with Gasteiger partial charge >= 0.3 is 103 Å². The molecule has 0 N–H and O–H groups in total. The summed E-state index contributed by atoms with van der Waals surface area (Å²) >= 11 is 7.59.